The van der Waals surface area contributed by atoms with E-state index in [1.807, 2.05) is 6.07 Å². The first-order chi connectivity index (χ1) is 13.1. The van der Waals surface area contributed by atoms with Crippen molar-refractivity contribution in [1.82, 2.24) is 19.9 Å². The Hall–Kier alpha value is -3.35. The summed E-state index contributed by atoms with van der Waals surface area (Å²) in [5.41, 5.74) is 2.89. The number of nitrogens with one attached hydrogen (secondary N) is 1. The summed E-state index contributed by atoms with van der Waals surface area (Å²) in [4.78, 5) is 15.1. The SMILES string of the molecule is COc1ncccc1[CH]c1ccc(Cc2c[nH]c3ncc(F)cc23)c(F)n1. The molecule has 4 aromatic rings. The van der Waals surface area contributed by atoms with Crippen molar-refractivity contribution in [1.29, 1.82) is 0 Å². The van der Waals surface area contributed by atoms with Gasteiger partial charge in [-0.05, 0) is 23.8 Å². The van der Waals surface area contributed by atoms with Crippen LogP contribution in [0.1, 0.15) is 22.4 Å². The van der Waals surface area contributed by atoms with Gasteiger partial charge in [0.05, 0.1) is 19.0 Å². The molecule has 0 aromatic carbocycles. The third kappa shape index (κ3) is 3.48. The Morgan fingerprint density at radius 3 is 2.85 bits per heavy atom. The van der Waals surface area contributed by atoms with Crippen LogP contribution in [0.4, 0.5) is 8.78 Å². The van der Waals surface area contributed by atoms with Gasteiger partial charge in [-0.2, -0.15) is 4.39 Å². The Labute approximate surface area is 154 Å². The molecule has 0 bridgehead atoms. The number of aromatic nitrogens is 4. The molecule has 4 aromatic heterocycles. The van der Waals surface area contributed by atoms with Crippen molar-refractivity contribution in [2.45, 2.75) is 6.42 Å². The lowest BCUT2D eigenvalue weighted by atomic mass is 10.0. The molecule has 0 aliphatic carbocycles. The molecular formula is C20H15F2N4O. The third-order valence-electron chi connectivity index (χ3n) is 4.21. The number of ether oxygens (including phenoxy) is 1. The van der Waals surface area contributed by atoms with Gasteiger partial charge in [0.1, 0.15) is 11.5 Å². The number of aromatic amines is 1. The second-order valence-electron chi connectivity index (χ2n) is 5.97. The topological polar surface area (TPSA) is 63.7 Å². The molecule has 0 saturated carbocycles. The predicted molar refractivity (Wildman–Crippen MR) is 96.3 cm³/mol. The minimum atomic E-state index is -0.578. The molecule has 0 amide bonds. The van der Waals surface area contributed by atoms with Gasteiger partial charge in [-0.25, -0.2) is 19.3 Å². The van der Waals surface area contributed by atoms with E-state index in [0.717, 1.165) is 11.8 Å². The first-order valence-electron chi connectivity index (χ1n) is 8.25. The maximum absolute atomic E-state index is 14.5. The second kappa shape index (κ2) is 7.11. The Kier molecular flexibility index (Phi) is 4.50. The zero-order chi connectivity index (χ0) is 18.8. The van der Waals surface area contributed by atoms with Crippen LogP contribution in [0, 0.1) is 18.2 Å². The summed E-state index contributed by atoms with van der Waals surface area (Å²) in [6.45, 7) is 0. The number of fused-ring (bicyclic) bond motifs is 1. The van der Waals surface area contributed by atoms with Crippen LogP contribution in [0.5, 0.6) is 5.88 Å². The van der Waals surface area contributed by atoms with Crippen LogP contribution in [0.15, 0.2) is 48.9 Å². The summed E-state index contributed by atoms with van der Waals surface area (Å²) in [5.74, 6) is -0.570. The van der Waals surface area contributed by atoms with Gasteiger partial charge in [0.2, 0.25) is 11.8 Å². The standard InChI is InChI=1S/C20H15F2N4O/c1-27-20-13(3-2-6-23-20)8-16-5-4-12(18(22)26-16)7-14-10-24-19-17(14)9-15(21)11-25-19/h2-6,8-11H,7H2,1H3,(H,24,25). The summed E-state index contributed by atoms with van der Waals surface area (Å²) in [6.07, 6.45) is 6.44. The number of hydrogen-bond acceptors (Lipinski definition) is 4. The van der Waals surface area contributed by atoms with Gasteiger partial charge in [-0.15, -0.1) is 0 Å². The van der Waals surface area contributed by atoms with Crippen molar-refractivity contribution in [3.63, 3.8) is 0 Å². The van der Waals surface area contributed by atoms with Gasteiger partial charge >= 0.3 is 0 Å². The molecule has 4 rings (SSSR count). The second-order valence-corrected chi connectivity index (χ2v) is 5.97. The monoisotopic (exact) mass is 365 g/mol. The van der Waals surface area contributed by atoms with E-state index in [0.29, 0.717) is 33.7 Å². The van der Waals surface area contributed by atoms with E-state index < -0.39 is 11.8 Å². The number of pyridine rings is 3. The van der Waals surface area contributed by atoms with Crippen LogP contribution in [0.2, 0.25) is 0 Å². The minimum absolute atomic E-state index is 0.278. The van der Waals surface area contributed by atoms with E-state index in [1.54, 1.807) is 37.0 Å². The van der Waals surface area contributed by atoms with Crippen LogP contribution >= 0.6 is 0 Å². The van der Waals surface area contributed by atoms with E-state index in [4.69, 9.17) is 4.74 Å². The number of nitrogens with zero attached hydrogens (tertiary/aromatic N) is 3. The normalized spacial score (nSPS) is 11.1. The Bertz CT molecular complexity index is 1110. The Morgan fingerprint density at radius 1 is 1.15 bits per heavy atom. The molecule has 1 radical (unpaired) electrons. The first-order valence-corrected chi connectivity index (χ1v) is 8.25. The van der Waals surface area contributed by atoms with E-state index in [9.17, 15) is 8.78 Å². The van der Waals surface area contributed by atoms with Crippen LogP contribution in [0.3, 0.4) is 0 Å². The fraction of sp³-hybridized carbons (Fsp3) is 0.100. The fourth-order valence-corrected chi connectivity index (χ4v) is 2.92. The molecule has 4 heterocycles. The minimum Gasteiger partial charge on any atom is -0.481 e. The molecule has 1 N–H and O–H groups in total. The first kappa shape index (κ1) is 17.1. The number of halogens is 2. The smallest absolute Gasteiger partial charge is 0.216 e. The van der Waals surface area contributed by atoms with Crippen LogP contribution in [-0.2, 0) is 6.42 Å². The highest BCUT2D eigenvalue weighted by molar-refractivity contribution is 5.80. The van der Waals surface area contributed by atoms with Gasteiger partial charge in [0.15, 0.2) is 0 Å². The Balaban J connectivity index is 1.59. The molecule has 0 spiro atoms. The van der Waals surface area contributed by atoms with Crippen molar-refractivity contribution >= 4 is 11.0 Å². The van der Waals surface area contributed by atoms with Crippen LogP contribution < -0.4 is 4.74 Å². The molecule has 5 nitrogen and oxygen atoms in total. The highest BCUT2D eigenvalue weighted by atomic mass is 19.1. The number of hydrogen-bond donors (Lipinski definition) is 1. The zero-order valence-electron chi connectivity index (χ0n) is 14.4. The molecule has 0 aliphatic rings. The predicted octanol–water partition coefficient (Wildman–Crippen LogP) is 3.83. The number of rotatable bonds is 5. The van der Waals surface area contributed by atoms with Crippen molar-refractivity contribution < 1.29 is 13.5 Å². The summed E-state index contributed by atoms with van der Waals surface area (Å²) < 4.78 is 33.2. The summed E-state index contributed by atoms with van der Waals surface area (Å²) in [5, 5.41) is 0.630. The maximum Gasteiger partial charge on any atom is 0.216 e. The van der Waals surface area contributed by atoms with Gasteiger partial charge in [0, 0.05) is 41.7 Å². The molecule has 0 atom stereocenters. The molecule has 0 aliphatic heterocycles. The quantitative estimate of drug-likeness (QED) is 0.546. The molecule has 0 fully saturated rings. The van der Waals surface area contributed by atoms with Gasteiger partial charge in [-0.3, -0.25) is 0 Å². The summed E-state index contributed by atoms with van der Waals surface area (Å²) in [6, 6.07) is 8.35. The Morgan fingerprint density at radius 2 is 2.04 bits per heavy atom. The van der Waals surface area contributed by atoms with Crippen molar-refractivity contribution in [3.8, 4) is 5.88 Å². The number of methoxy groups -OCH3 is 1. The van der Waals surface area contributed by atoms with Crippen molar-refractivity contribution in [2.24, 2.45) is 0 Å². The molecule has 135 valence electrons. The highest BCUT2D eigenvalue weighted by Gasteiger charge is 2.13. The average Bonchev–Trinajstić information content (AvgIpc) is 3.06. The van der Waals surface area contributed by atoms with Crippen molar-refractivity contribution in [3.05, 3.63) is 89.5 Å². The van der Waals surface area contributed by atoms with Crippen LogP contribution in [-0.4, -0.2) is 27.0 Å². The third-order valence-corrected chi connectivity index (χ3v) is 4.21. The molecular weight excluding hydrogens is 350 g/mol. The zero-order valence-corrected chi connectivity index (χ0v) is 14.4. The average molecular weight is 365 g/mol. The molecule has 0 unspecified atom stereocenters. The lowest BCUT2D eigenvalue weighted by molar-refractivity contribution is 0.395. The lowest BCUT2D eigenvalue weighted by Crippen LogP contribution is -2.01. The summed E-state index contributed by atoms with van der Waals surface area (Å²) >= 11 is 0. The van der Waals surface area contributed by atoms with E-state index in [1.165, 1.54) is 13.2 Å². The van der Waals surface area contributed by atoms with Crippen LogP contribution in [0.25, 0.3) is 11.0 Å². The molecule has 0 saturated heterocycles. The van der Waals surface area contributed by atoms with E-state index >= 15 is 0 Å². The fourth-order valence-electron chi connectivity index (χ4n) is 2.92. The largest absolute Gasteiger partial charge is 0.481 e. The maximum atomic E-state index is 14.5. The van der Waals surface area contributed by atoms with E-state index in [2.05, 4.69) is 19.9 Å². The highest BCUT2D eigenvalue weighted by Crippen LogP contribution is 2.23. The number of H-pyrrole nitrogens is 1. The van der Waals surface area contributed by atoms with Gasteiger partial charge < -0.3 is 9.72 Å². The molecule has 7 heteroatoms. The van der Waals surface area contributed by atoms with Gasteiger partial charge in [-0.1, -0.05) is 12.1 Å². The van der Waals surface area contributed by atoms with Gasteiger partial charge in [0.25, 0.3) is 0 Å². The van der Waals surface area contributed by atoms with E-state index in [-0.39, 0.29) is 6.42 Å². The molecule has 27 heavy (non-hydrogen) atoms. The summed E-state index contributed by atoms with van der Waals surface area (Å²) in [7, 11) is 1.52. The lowest BCUT2D eigenvalue weighted by Gasteiger charge is -2.08. The van der Waals surface area contributed by atoms with Crippen molar-refractivity contribution in [2.75, 3.05) is 7.11 Å².